The fourth-order valence-electron chi connectivity index (χ4n) is 0.868. The monoisotopic (exact) mass is 233 g/mol. The molecule has 0 amide bonds. The van der Waals surface area contributed by atoms with Crippen molar-refractivity contribution in [2.75, 3.05) is 6.61 Å². The third kappa shape index (κ3) is 1.55. The molecule has 1 fully saturated rings. The fourth-order valence-corrected chi connectivity index (χ4v) is 1.62. The number of rotatable bonds is 1. The van der Waals surface area contributed by atoms with Crippen LogP contribution in [-0.4, -0.2) is 11.6 Å². The van der Waals surface area contributed by atoms with E-state index in [1.165, 1.54) is 0 Å². The van der Waals surface area contributed by atoms with Gasteiger partial charge in [-0.15, -0.1) is 0 Å². The molecular formula is C7H5BrClNO. The van der Waals surface area contributed by atoms with Gasteiger partial charge >= 0.3 is 0 Å². The Balaban J connectivity index is 2.39. The van der Waals surface area contributed by atoms with Gasteiger partial charge in [-0.2, -0.15) is 0 Å². The van der Waals surface area contributed by atoms with E-state index < -0.39 is 0 Å². The quantitative estimate of drug-likeness (QED) is 0.698. The van der Waals surface area contributed by atoms with Crippen LogP contribution >= 0.6 is 27.5 Å². The summed E-state index contributed by atoms with van der Waals surface area (Å²) in [7, 11) is 0. The number of epoxide rings is 1. The molecule has 0 bridgehead atoms. The van der Waals surface area contributed by atoms with Gasteiger partial charge in [0.25, 0.3) is 0 Å². The van der Waals surface area contributed by atoms with Gasteiger partial charge in [-0.25, -0.2) is 0 Å². The Bertz CT molecular complexity index is 288. The third-order valence-electron chi connectivity index (χ3n) is 1.47. The Hall–Kier alpha value is -0.120. The van der Waals surface area contributed by atoms with Crippen LogP contribution in [0.1, 0.15) is 11.8 Å². The van der Waals surface area contributed by atoms with Gasteiger partial charge in [-0.3, -0.25) is 4.98 Å². The van der Waals surface area contributed by atoms with Crippen molar-refractivity contribution in [2.24, 2.45) is 0 Å². The lowest BCUT2D eigenvalue weighted by Gasteiger charge is -1.97. The summed E-state index contributed by atoms with van der Waals surface area (Å²) in [5.74, 6) is 0. The minimum absolute atomic E-state index is 0.135. The molecular weight excluding hydrogens is 229 g/mol. The van der Waals surface area contributed by atoms with Crippen LogP contribution in [0.3, 0.4) is 0 Å². The number of aromatic nitrogens is 1. The molecule has 4 heteroatoms. The van der Waals surface area contributed by atoms with E-state index in [1.807, 2.05) is 6.07 Å². The van der Waals surface area contributed by atoms with Crippen molar-refractivity contribution in [3.8, 4) is 0 Å². The second kappa shape index (κ2) is 2.73. The van der Waals surface area contributed by atoms with E-state index in [4.69, 9.17) is 16.3 Å². The molecule has 0 aliphatic carbocycles. The highest BCUT2D eigenvalue weighted by molar-refractivity contribution is 9.10. The van der Waals surface area contributed by atoms with Crippen LogP contribution < -0.4 is 0 Å². The lowest BCUT2D eigenvalue weighted by atomic mass is 10.3. The molecule has 2 rings (SSSR count). The van der Waals surface area contributed by atoms with Crippen molar-refractivity contribution in [1.29, 1.82) is 0 Å². The van der Waals surface area contributed by atoms with Gasteiger partial charge in [0.15, 0.2) is 0 Å². The van der Waals surface area contributed by atoms with Gasteiger partial charge in [-0.1, -0.05) is 11.6 Å². The average Bonchev–Trinajstić information content (AvgIpc) is 2.70. The molecule has 1 unspecified atom stereocenters. The van der Waals surface area contributed by atoms with Crippen LogP contribution in [0.2, 0.25) is 5.02 Å². The van der Waals surface area contributed by atoms with Crippen LogP contribution in [0.25, 0.3) is 0 Å². The van der Waals surface area contributed by atoms with Gasteiger partial charge < -0.3 is 4.74 Å². The first kappa shape index (κ1) is 7.53. The summed E-state index contributed by atoms with van der Waals surface area (Å²) < 4.78 is 5.95. The highest BCUT2D eigenvalue weighted by atomic mass is 79.9. The summed E-state index contributed by atoms with van der Waals surface area (Å²) in [5, 5.41) is 0.668. The SMILES string of the molecule is Clc1cc(Br)cnc1C1CO1. The zero-order chi connectivity index (χ0) is 7.84. The third-order valence-corrected chi connectivity index (χ3v) is 2.21. The lowest BCUT2D eigenvalue weighted by molar-refractivity contribution is 0.411. The molecule has 1 saturated heterocycles. The normalized spacial score (nSPS) is 21.8. The number of hydrogen-bond donors (Lipinski definition) is 0. The van der Waals surface area contributed by atoms with Crippen LogP contribution in [0.4, 0.5) is 0 Å². The molecule has 1 aliphatic rings. The molecule has 1 aromatic rings. The predicted octanol–water partition coefficient (Wildman–Crippen LogP) is 2.57. The van der Waals surface area contributed by atoms with Crippen LogP contribution in [0, 0.1) is 0 Å². The second-order valence-corrected chi connectivity index (χ2v) is 3.67. The molecule has 0 aromatic carbocycles. The van der Waals surface area contributed by atoms with E-state index in [-0.39, 0.29) is 6.10 Å². The highest BCUT2D eigenvalue weighted by Crippen LogP contribution is 2.33. The standard InChI is InChI=1S/C7H5BrClNO/c8-4-1-5(9)7(10-2-4)6-3-11-6/h1-2,6H,3H2. The van der Waals surface area contributed by atoms with Crippen LogP contribution in [-0.2, 0) is 4.74 Å². The Labute approximate surface area is 77.7 Å². The first-order valence-corrected chi connectivity index (χ1v) is 4.37. The van der Waals surface area contributed by atoms with E-state index in [0.717, 1.165) is 16.8 Å². The second-order valence-electron chi connectivity index (χ2n) is 2.34. The molecule has 11 heavy (non-hydrogen) atoms. The zero-order valence-electron chi connectivity index (χ0n) is 5.55. The van der Waals surface area contributed by atoms with Crippen LogP contribution in [0.15, 0.2) is 16.7 Å². The first-order chi connectivity index (χ1) is 5.27. The molecule has 1 atom stereocenters. The van der Waals surface area contributed by atoms with Gasteiger partial charge in [0, 0.05) is 10.7 Å². The van der Waals surface area contributed by atoms with E-state index in [0.29, 0.717) is 5.02 Å². The largest absolute Gasteiger partial charge is 0.366 e. The summed E-state index contributed by atoms with van der Waals surface area (Å²) in [5.41, 5.74) is 0.842. The van der Waals surface area contributed by atoms with Crippen molar-refractivity contribution in [2.45, 2.75) is 6.10 Å². The summed E-state index contributed by atoms with van der Waals surface area (Å²) in [6.07, 6.45) is 1.86. The zero-order valence-corrected chi connectivity index (χ0v) is 7.89. The number of halogens is 2. The summed E-state index contributed by atoms with van der Waals surface area (Å²) >= 11 is 9.17. The number of ether oxygens (including phenoxy) is 1. The van der Waals surface area contributed by atoms with E-state index in [9.17, 15) is 0 Å². The number of pyridine rings is 1. The molecule has 2 nitrogen and oxygen atoms in total. The Morgan fingerprint density at radius 2 is 2.45 bits per heavy atom. The van der Waals surface area contributed by atoms with E-state index in [1.54, 1.807) is 6.20 Å². The maximum Gasteiger partial charge on any atom is 0.124 e. The molecule has 0 saturated carbocycles. The van der Waals surface area contributed by atoms with Gasteiger partial charge in [0.2, 0.25) is 0 Å². The molecule has 0 N–H and O–H groups in total. The van der Waals surface area contributed by atoms with E-state index >= 15 is 0 Å². The minimum Gasteiger partial charge on any atom is -0.366 e. The van der Waals surface area contributed by atoms with Crippen molar-refractivity contribution < 1.29 is 4.74 Å². The predicted molar refractivity (Wildman–Crippen MR) is 45.6 cm³/mol. The molecule has 1 aliphatic heterocycles. The highest BCUT2D eigenvalue weighted by Gasteiger charge is 2.28. The smallest absolute Gasteiger partial charge is 0.124 e. The van der Waals surface area contributed by atoms with Crippen molar-refractivity contribution in [3.05, 3.63) is 27.5 Å². The average molecular weight is 234 g/mol. The Kier molecular flexibility index (Phi) is 1.87. The lowest BCUT2D eigenvalue weighted by Crippen LogP contribution is -1.87. The number of hydrogen-bond acceptors (Lipinski definition) is 2. The van der Waals surface area contributed by atoms with Gasteiger partial charge in [-0.05, 0) is 22.0 Å². The summed E-state index contributed by atoms with van der Waals surface area (Å²) in [4.78, 5) is 4.14. The first-order valence-electron chi connectivity index (χ1n) is 3.20. The van der Waals surface area contributed by atoms with Crippen molar-refractivity contribution in [3.63, 3.8) is 0 Å². The molecule has 2 heterocycles. The molecule has 0 radical (unpaired) electrons. The minimum atomic E-state index is 0.135. The maximum atomic E-state index is 5.89. The number of nitrogens with zero attached hydrogens (tertiary/aromatic N) is 1. The maximum absolute atomic E-state index is 5.89. The Morgan fingerprint density at radius 3 is 3.00 bits per heavy atom. The fraction of sp³-hybridized carbons (Fsp3) is 0.286. The Morgan fingerprint density at radius 1 is 1.73 bits per heavy atom. The van der Waals surface area contributed by atoms with Gasteiger partial charge in [0.05, 0.1) is 17.3 Å². The molecule has 0 spiro atoms. The van der Waals surface area contributed by atoms with Gasteiger partial charge in [0.1, 0.15) is 6.10 Å². The topological polar surface area (TPSA) is 25.4 Å². The molecule has 1 aromatic heterocycles. The summed E-state index contributed by atoms with van der Waals surface area (Å²) in [6.45, 7) is 0.744. The van der Waals surface area contributed by atoms with E-state index in [2.05, 4.69) is 20.9 Å². The van der Waals surface area contributed by atoms with Crippen molar-refractivity contribution >= 4 is 27.5 Å². The summed E-state index contributed by atoms with van der Waals surface area (Å²) in [6, 6.07) is 1.82. The van der Waals surface area contributed by atoms with Crippen LogP contribution in [0.5, 0.6) is 0 Å². The molecule has 58 valence electrons. The van der Waals surface area contributed by atoms with Crippen molar-refractivity contribution in [1.82, 2.24) is 4.98 Å².